The molecule has 0 fully saturated rings. The normalized spacial score (nSPS) is 12.0. The van der Waals surface area contributed by atoms with Crippen LogP contribution in [0, 0.1) is 13.8 Å². The topological polar surface area (TPSA) is 52.3 Å². The van der Waals surface area contributed by atoms with Crippen molar-refractivity contribution in [2.75, 3.05) is 7.11 Å². The molecule has 0 heterocycles. The summed E-state index contributed by atoms with van der Waals surface area (Å²) in [6.07, 6.45) is 0. The maximum absolute atomic E-state index is 12.6. The van der Waals surface area contributed by atoms with E-state index in [0.717, 1.165) is 16.7 Å². The number of nitrogens with two attached hydrogens (primary N) is 1. The quantitative estimate of drug-likeness (QED) is 0.867. The molecule has 1 atom stereocenters. The van der Waals surface area contributed by atoms with Gasteiger partial charge >= 0.3 is 0 Å². The van der Waals surface area contributed by atoms with E-state index in [1.54, 1.807) is 13.2 Å². The Kier molecular flexibility index (Phi) is 4.20. The third-order valence-electron chi connectivity index (χ3n) is 3.59. The lowest BCUT2D eigenvalue weighted by Gasteiger charge is -2.16. The Labute approximate surface area is 119 Å². The van der Waals surface area contributed by atoms with Gasteiger partial charge < -0.3 is 10.5 Å². The first-order valence-corrected chi connectivity index (χ1v) is 6.55. The maximum Gasteiger partial charge on any atom is 0.187 e. The Morgan fingerprint density at radius 2 is 1.75 bits per heavy atom. The van der Waals surface area contributed by atoms with Crippen LogP contribution in [0.1, 0.15) is 33.1 Å². The van der Waals surface area contributed by atoms with Gasteiger partial charge in [0.05, 0.1) is 18.7 Å². The first-order chi connectivity index (χ1) is 9.56. The Morgan fingerprint density at radius 3 is 2.35 bits per heavy atom. The number of rotatable bonds is 4. The van der Waals surface area contributed by atoms with Gasteiger partial charge in [0.1, 0.15) is 5.75 Å². The summed E-state index contributed by atoms with van der Waals surface area (Å²) >= 11 is 0. The summed E-state index contributed by atoms with van der Waals surface area (Å²) < 4.78 is 5.39. The number of carbonyl (C=O) groups is 1. The lowest BCUT2D eigenvalue weighted by atomic mass is 9.95. The van der Waals surface area contributed by atoms with Crippen LogP contribution in [0.3, 0.4) is 0 Å². The van der Waals surface area contributed by atoms with Gasteiger partial charge in [0.15, 0.2) is 5.78 Å². The van der Waals surface area contributed by atoms with Crippen molar-refractivity contribution in [3.63, 3.8) is 0 Å². The van der Waals surface area contributed by atoms with E-state index in [1.807, 2.05) is 50.2 Å². The minimum atomic E-state index is -0.674. The molecule has 2 aromatic carbocycles. The zero-order valence-electron chi connectivity index (χ0n) is 12.0. The van der Waals surface area contributed by atoms with Gasteiger partial charge in [0.25, 0.3) is 0 Å². The Bertz CT molecular complexity index is 620. The van der Waals surface area contributed by atoms with E-state index in [2.05, 4.69) is 0 Å². The molecule has 0 aromatic heterocycles. The minimum Gasteiger partial charge on any atom is -0.496 e. The van der Waals surface area contributed by atoms with Gasteiger partial charge in [0, 0.05) is 0 Å². The Morgan fingerprint density at radius 1 is 1.10 bits per heavy atom. The number of ether oxygens (including phenoxy) is 1. The number of benzene rings is 2. The molecule has 0 saturated heterocycles. The van der Waals surface area contributed by atoms with Crippen LogP contribution in [-0.2, 0) is 0 Å². The average molecular weight is 269 g/mol. The van der Waals surface area contributed by atoms with E-state index in [4.69, 9.17) is 10.5 Å². The molecule has 0 amide bonds. The third-order valence-corrected chi connectivity index (χ3v) is 3.59. The van der Waals surface area contributed by atoms with Gasteiger partial charge in [0.2, 0.25) is 0 Å². The SMILES string of the molecule is COc1c(C(=O)C(N)c2ccccc2)ccc(C)c1C. The van der Waals surface area contributed by atoms with Crippen molar-refractivity contribution in [3.05, 3.63) is 64.7 Å². The smallest absolute Gasteiger partial charge is 0.187 e. The summed E-state index contributed by atoms with van der Waals surface area (Å²) in [5.74, 6) is 0.484. The van der Waals surface area contributed by atoms with Crippen molar-refractivity contribution >= 4 is 5.78 Å². The fraction of sp³-hybridized carbons (Fsp3) is 0.235. The van der Waals surface area contributed by atoms with Gasteiger partial charge in [-0.1, -0.05) is 36.4 Å². The lowest BCUT2D eigenvalue weighted by molar-refractivity contribution is 0.0958. The van der Waals surface area contributed by atoms with E-state index < -0.39 is 6.04 Å². The molecule has 0 spiro atoms. The fourth-order valence-electron chi connectivity index (χ4n) is 2.23. The van der Waals surface area contributed by atoms with Crippen LogP contribution in [0.5, 0.6) is 5.75 Å². The van der Waals surface area contributed by atoms with Crippen LogP contribution in [0.25, 0.3) is 0 Å². The first-order valence-electron chi connectivity index (χ1n) is 6.55. The molecule has 20 heavy (non-hydrogen) atoms. The summed E-state index contributed by atoms with van der Waals surface area (Å²) in [6.45, 7) is 3.93. The van der Waals surface area contributed by atoms with Crippen molar-refractivity contribution in [3.8, 4) is 5.75 Å². The summed E-state index contributed by atoms with van der Waals surface area (Å²) in [4.78, 5) is 12.6. The number of aryl methyl sites for hydroxylation is 1. The van der Waals surface area contributed by atoms with Crippen molar-refractivity contribution < 1.29 is 9.53 Å². The molecule has 0 bridgehead atoms. The molecule has 104 valence electrons. The van der Waals surface area contributed by atoms with E-state index in [9.17, 15) is 4.79 Å². The van der Waals surface area contributed by atoms with Crippen LogP contribution in [0.2, 0.25) is 0 Å². The number of ketones is 1. The van der Waals surface area contributed by atoms with E-state index >= 15 is 0 Å². The second-order valence-electron chi connectivity index (χ2n) is 4.84. The van der Waals surface area contributed by atoms with E-state index in [1.165, 1.54) is 0 Å². The standard InChI is InChI=1S/C17H19NO2/c1-11-9-10-14(17(20-3)12(11)2)16(19)15(18)13-7-5-4-6-8-13/h4-10,15H,18H2,1-3H3. The van der Waals surface area contributed by atoms with Crippen molar-refractivity contribution in [2.45, 2.75) is 19.9 Å². The van der Waals surface area contributed by atoms with Crippen LogP contribution in [0.4, 0.5) is 0 Å². The molecule has 0 radical (unpaired) electrons. The highest BCUT2D eigenvalue weighted by Gasteiger charge is 2.22. The third kappa shape index (κ3) is 2.58. The Hall–Kier alpha value is -2.13. The molecule has 3 heteroatoms. The van der Waals surface area contributed by atoms with Crippen molar-refractivity contribution in [1.82, 2.24) is 0 Å². The molecule has 0 saturated carbocycles. The molecule has 2 aromatic rings. The number of methoxy groups -OCH3 is 1. The molecule has 0 aliphatic carbocycles. The second-order valence-corrected chi connectivity index (χ2v) is 4.84. The van der Waals surface area contributed by atoms with Crippen molar-refractivity contribution in [2.24, 2.45) is 5.73 Å². The molecular formula is C17H19NO2. The monoisotopic (exact) mass is 269 g/mol. The molecule has 1 unspecified atom stereocenters. The largest absolute Gasteiger partial charge is 0.496 e. The molecule has 0 aliphatic heterocycles. The van der Waals surface area contributed by atoms with Crippen LogP contribution in [-0.4, -0.2) is 12.9 Å². The zero-order chi connectivity index (χ0) is 14.7. The number of Topliss-reactive ketones (excluding diaryl/α,β-unsaturated/α-hetero) is 1. The molecule has 3 nitrogen and oxygen atoms in total. The van der Waals surface area contributed by atoms with Gasteiger partial charge in [-0.15, -0.1) is 0 Å². The Balaban J connectivity index is 2.42. The zero-order valence-corrected chi connectivity index (χ0v) is 12.0. The highest BCUT2D eigenvalue weighted by Crippen LogP contribution is 2.29. The summed E-state index contributed by atoms with van der Waals surface area (Å²) in [7, 11) is 1.58. The number of hydrogen-bond donors (Lipinski definition) is 1. The highest BCUT2D eigenvalue weighted by atomic mass is 16.5. The lowest BCUT2D eigenvalue weighted by Crippen LogP contribution is -2.22. The average Bonchev–Trinajstić information content (AvgIpc) is 2.49. The first kappa shape index (κ1) is 14.3. The molecule has 2 rings (SSSR count). The van der Waals surface area contributed by atoms with Gasteiger partial charge in [-0.2, -0.15) is 0 Å². The summed E-state index contributed by atoms with van der Waals surface area (Å²) in [5, 5.41) is 0. The molecular weight excluding hydrogens is 250 g/mol. The number of hydrogen-bond acceptors (Lipinski definition) is 3. The minimum absolute atomic E-state index is 0.129. The van der Waals surface area contributed by atoms with E-state index in [-0.39, 0.29) is 5.78 Å². The van der Waals surface area contributed by atoms with Crippen LogP contribution < -0.4 is 10.5 Å². The summed E-state index contributed by atoms with van der Waals surface area (Å²) in [5.41, 5.74) is 9.48. The predicted octanol–water partition coefficient (Wildman–Crippen LogP) is 3.19. The molecule has 0 aliphatic rings. The van der Waals surface area contributed by atoms with Gasteiger partial charge in [-0.3, -0.25) is 4.79 Å². The summed E-state index contributed by atoms with van der Waals surface area (Å²) in [6, 6.07) is 12.4. The predicted molar refractivity (Wildman–Crippen MR) is 80.2 cm³/mol. The second kappa shape index (κ2) is 5.88. The van der Waals surface area contributed by atoms with Gasteiger partial charge in [-0.25, -0.2) is 0 Å². The number of carbonyl (C=O) groups excluding carboxylic acids is 1. The van der Waals surface area contributed by atoms with Crippen molar-refractivity contribution in [1.29, 1.82) is 0 Å². The van der Waals surface area contributed by atoms with Crippen LogP contribution in [0.15, 0.2) is 42.5 Å². The van der Waals surface area contributed by atoms with Gasteiger partial charge in [-0.05, 0) is 36.6 Å². The maximum atomic E-state index is 12.6. The highest BCUT2D eigenvalue weighted by molar-refractivity contribution is 6.03. The van der Waals surface area contributed by atoms with Crippen LogP contribution >= 0.6 is 0 Å². The molecule has 2 N–H and O–H groups in total. The van der Waals surface area contributed by atoms with E-state index in [0.29, 0.717) is 11.3 Å². The fourth-order valence-corrected chi connectivity index (χ4v) is 2.23.